The third kappa shape index (κ3) is 6.75. The van der Waals surface area contributed by atoms with Gasteiger partial charge >= 0.3 is 5.97 Å². The number of fused-ring (bicyclic) bond motifs is 1. The van der Waals surface area contributed by atoms with Crippen LogP contribution >= 0.6 is 23.1 Å². The average Bonchev–Trinajstić information content (AvgIpc) is 3.28. The summed E-state index contributed by atoms with van der Waals surface area (Å²) >= 11 is 2.84. The van der Waals surface area contributed by atoms with Crippen LogP contribution in [0.15, 0.2) is 53.4 Å². The van der Waals surface area contributed by atoms with Gasteiger partial charge in [0.05, 0.1) is 23.5 Å². The molecule has 1 aliphatic rings. The van der Waals surface area contributed by atoms with Crippen molar-refractivity contribution >= 4 is 51.6 Å². The molecule has 40 heavy (non-hydrogen) atoms. The van der Waals surface area contributed by atoms with Gasteiger partial charge in [0, 0.05) is 15.5 Å². The summed E-state index contributed by atoms with van der Waals surface area (Å²) in [6.07, 6.45) is 3.20. The van der Waals surface area contributed by atoms with Crippen molar-refractivity contribution in [3.8, 4) is 0 Å². The van der Waals surface area contributed by atoms with Crippen LogP contribution in [0.2, 0.25) is 0 Å². The Morgan fingerprint density at radius 1 is 1.12 bits per heavy atom. The van der Waals surface area contributed by atoms with Crippen LogP contribution in [-0.4, -0.2) is 30.1 Å². The number of halogens is 1. The zero-order valence-corrected chi connectivity index (χ0v) is 25.1. The quantitative estimate of drug-likeness (QED) is 0.211. The fraction of sp³-hybridized carbons (Fsp3) is 0.387. The summed E-state index contributed by atoms with van der Waals surface area (Å²) in [6.45, 7) is 8.65. The number of amides is 2. The van der Waals surface area contributed by atoms with E-state index in [4.69, 9.17) is 4.74 Å². The van der Waals surface area contributed by atoms with Gasteiger partial charge in [0.25, 0.3) is 5.91 Å². The molecular weight excluding hydrogens is 547 g/mol. The van der Waals surface area contributed by atoms with Gasteiger partial charge in [-0.1, -0.05) is 45.9 Å². The number of ether oxygens (including phenoxy) is 1. The van der Waals surface area contributed by atoms with Crippen molar-refractivity contribution in [1.82, 2.24) is 0 Å². The van der Waals surface area contributed by atoms with Crippen molar-refractivity contribution in [1.29, 1.82) is 0 Å². The molecule has 9 heteroatoms. The van der Waals surface area contributed by atoms with Crippen LogP contribution in [0.3, 0.4) is 0 Å². The van der Waals surface area contributed by atoms with E-state index < -0.39 is 22.9 Å². The van der Waals surface area contributed by atoms with Gasteiger partial charge in [0.1, 0.15) is 10.8 Å². The maximum Gasteiger partial charge on any atom is 0.341 e. The zero-order chi connectivity index (χ0) is 29.0. The number of esters is 1. The summed E-state index contributed by atoms with van der Waals surface area (Å²) < 4.78 is 19.1. The molecule has 0 bridgehead atoms. The molecule has 0 radical (unpaired) electrons. The second-order valence-corrected chi connectivity index (χ2v) is 13.4. The summed E-state index contributed by atoms with van der Waals surface area (Å²) in [7, 11) is 1.36. The monoisotopic (exact) mass is 582 g/mol. The molecular formula is C31H35FN2O4S2. The summed E-state index contributed by atoms with van der Waals surface area (Å²) in [5, 5.41) is 5.86. The molecule has 3 aromatic rings. The molecule has 0 saturated heterocycles. The van der Waals surface area contributed by atoms with Crippen LogP contribution < -0.4 is 10.6 Å². The Kier molecular flexibility index (Phi) is 9.36. The number of carbonyl (C=O) groups excluding carboxylic acids is 3. The predicted molar refractivity (Wildman–Crippen MR) is 160 cm³/mol. The number of benzene rings is 2. The van der Waals surface area contributed by atoms with E-state index in [2.05, 4.69) is 31.4 Å². The van der Waals surface area contributed by atoms with Gasteiger partial charge in [-0.15, -0.1) is 23.1 Å². The third-order valence-corrected chi connectivity index (χ3v) is 9.80. The molecule has 4 rings (SSSR count). The van der Waals surface area contributed by atoms with Crippen LogP contribution in [0, 0.1) is 17.2 Å². The summed E-state index contributed by atoms with van der Waals surface area (Å²) in [5.41, 5.74) is 2.08. The van der Waals surface area contributed by atoms with Crippen LogP contribution in [0.4, 0.5) is 15.1 Å². The van der Waals surface area contributed by atoms with Gasteiger partial charge in [-0.3, -0.25) is 9.59 Å². The number of nitrogens with one attached hydrogen (secondary N) is 2. The largest absolute Gasteiger partial charge is 0.465 e. The number of hydrogen-bond donors (Lipinski definition) is 2. The van der Waals surface area contributed by atoms with E-state index in [1.807, 2.05) is 13.0 Å². The highest BCUT2D eigenvalue weighted by molar-refractivity contribution is 8.00. The first-order valence-electron chi connectivity index (χ1n) is 13.4. The number of thioether (sulfide) groups is 1. The lowest BCUT2D eigenvalue weighted by Gasteiger charge is -2.33. The van der Waals surface area contributed by atoms with Crippen LogP contribution in [-0.2, 0) is 22.4 Å². The lowest BCUT2D eigenvalue weighted by molar-refractivity contribution is -0.115. The van der Waals surface area contributed by atoms with Gasteiger partial charge in [-0.05, 0) is 72.9 Å². The van der Waals surface area contributed by atoms with E-state index >= 15 is 0 Å². The van der Waals surface area contributed by atoms with Crippen molar-refractivity contribution in [2.24, 2.45) is 11.3 Å². The van der Waals surface area contributed by atoms with Gasteiger partial charge in [-0.25, -0.2) is 9.18 Å². The van der Waals surface area contributed by atoms with Crippen LogP contribution in [0.5, 0.6) is 0 Å². The van der Waals surface area contributed by atoms with Crippen molar-refractivity contribution in [2.75, 3.05) is 17.7 Å². The first-order valence-corrected chi connectivity index (χ1v) is 15.1. The van der Waals surface area contributed by atoms with Gasteiger partial charge in [0.2, 0.25) is 5.91 Å². The number of carbonyl (C=O) groups is 3. The van der Waals surface area contributed by atoms with E-state index in [0.717, 1.165) is 34.6 Å². The highest BCUT2D eigenvalue weighted by atomic mass is 32.2. The van der Waals surface area contributed by atoms with Crippen molar-refractivity contribution in [3.63, 3.8) is 0 Å². The Hall–Kier alpha value is -3.17. The fourth-order valence-corrected chi connectivity index (χ4v) is 7.23. The Morgan fingerprint density at radius 3 is 2.55 bits per heavy atom. The Bertz CT molecular complexity index is 1410. The third-order valence-electron chi connectivity index (χ3n) is 7.27. The maximum absolute atomic E-state index is 14.0. The first-order chi connectivity index (χ1) is 19.0. The highest BCUT2D eigenvalue weighted by Crippen LogP contribution is 2.44. The number of hydrogen-bond acceptors (Lipinski definition) is 6. The lowest BCUT2D eigenvalue weighted by atomic mass is 9.72. The minimum Gasteiger partial charge on any atom is -0.465 e. The smallest absolute Gasteiger partial charge is 0.341 e. The topological polar surface area (TPSA) is 84.5 Å². The number of methoxy groups -OCH3 is 1. The summed E-state index contributed by atoms with van der Waals surface area (Å²) in [6, 6.07) is 12.9. The zero-order valence-electron chi connectivity index (χ0n) is 23.4. The van der Waals surface area contributed by atoms with Gasteiger partial charge < -0.3 is 15.4 Å². The van der Waals surface area contributed by atoms with Crippen molar-refractivity contribution in [3.05, 3.63) is 75.9 Å². The van der Waals surface area contributed by atoms with Crippen LogP contribution in [0.25, 0.3) is 0 Å². The molecule has 2 N–H and O–H groups in total. The molecule has 2 unspecified atom stereocenters. The Labute approximate surface area is 243 Å². The van der Waals surface area contributed by atoms with Gasteiger partial charge in [-0.2, -0.15) is 0 Å². The molecule has 2 atom stereocenters. The minimum absolute atomic E-state index is 0.0414. The second kappa shape index (κ2) is 12.6. The molecule has 1 aliphatic carbocycles. The predicted octanol–water partition coefficient (Wildman–Crippen LogP) is 7.59. The Morgan fingerprint density at radius 2 is 1.88 bits per heavy atom. The first kappa shape index (κ1) is 29.8. The van der Waals surface area contributed by atoms with Gasteiger partial charge in [0.15, 0.2) is 0 Å². The number of rotatable bonds is 8. The molecule has 0 saturated carbocycles. The number of anilines is 2. The lowest BCUT2D eigenvalue weighted by Crippen LogP contribution is -2.27. The molecule has 2 aromatic carbocycles. The molecule has 0 fully saturated rings. The SMILES string of the molecule is CCC(Sc1cccc(NC(=O)c2ccccc2F)c1)C(=O)Nc1sc2c(c1C(=O)OC)CCC(C(C)(C)C)C2. The maximum atomic E-state index is 14.0. The van der Waals surface area contributed by atoms with Crippen LogP contribution in [0.1, 0.15) is 71.7 Å². The summed E-state index contributed by atoms with van der Waals surface area (Å²) in [4.78, 5) is 40.7. The van der Waals surface area contributed by atoms with E-state index in [-0.39, 0.29) is 16.9 Å². The minimum atomic E-state index is -0.594. The van der Waals surface area contributed by atoms with E-state index in [9.17, 15) is 18.8 Å². The molecule has 0 spiro atoms. The standard InChI is InChI=1S/C31H35FN2O4S2/c1-6-24(39-20-11-9-10-19(17-20)33-27(35)21-12-7-8-13-23(21)32)28(36)34-29-26(30(37)38-5)22-15-14-18(31(2,3)4)16-25(22)40-29/h7-13,17-18,24H,6,14-16H2,1-5H3,(H,33,35)(H,34,36). The normalized spacial score (nSPS) is 15.6. The summed E-state index contributed by atoms with van der Waals surface area (Å²) in [5.74, 6) is -1.28. The molecule has 212 valence electrons. The van der Waals surface area contributed by atoms with E-state index in [1.54, 1.807) is 24.3 Å². The molecule has 1 heterocycles. The van der Waals surface area contributed by atoms with Crippen molar-refractivity contribution in [2.45, 2.75) is 63.5 Å². The highest BCUT2D eigenvalue weighted by Gasteiger charge is 2.35. The average molecular weight is 583 g/mol. The second-order valence-electron chi connectivity index (χ2n) is 11.0. The van der Waals surface area contributed by atoms with E-state index in [0.29, 0.717) is 28.6 Å². The number of thiophene rings is 1. The molecule has 0 aliphatic heterocycles. The molecule has 6 nitrogen and oxygen atoms in total. The van der Waals surface area contributed by atoms with E-state index in [1.165, 1.54) is 48.4 Å². The molecule has 2 amide bonds. The van der Waals surface area contributed by atoms with Crippen molar-refractivity contribution < 1.29 is 23.5 Å². The molecule has 1 aromatic heterocycles. The Balaban J connectivity index is 1.50. The fourth-order valence-electron chi connectivity index (χ4n) is 4.90.